The summed E-state index contributed by atoms with van der Waals surface area (Å²) >= 11 is 0. The van der Waals surface area contributed by atoms with E-state index in [2.05, 4.69) is 52.0 Å². The molecule has 0 N–H and O–H groups in total. The lowest BCUT2D eigenvalue weighted by Gasteiger charge is -2.16. The van der Waals surface area contributed by atoms with Crippen molar-refractivity contribution in [3.05, 3.63) is 52.1 Å². The summed E-state index contributed by atoms with van der Waals surface area (Å²) in [4.78, 5) is 0. The summed E-state index contributed by atoms with van der Waals surface area (Å²) < 4.78 is 0. The zero-order valence-electron chi connectivity index (χ0n) is 12.8. The first kappa shape index (κ1) is 14.1. The molecule has 0 bridgehead atoms. The van der Waals surface area contributed by atoms with Crippen molar-refractivity contribution in [3.8, 4) is 0 Å². The van der Waals surface area contributed by atoms with Gasteiger partial charge in [-0.15, -0.1) is 0 Å². The first-order chi connectivity index (χ1) is 9.26. The lowest BCUT2D eigenvalue weighted by atomic mass is 9.89. The fourth-order valence-electron chi connectivity index (χ4n) is 3.50. The predicted octanol–water partition coefficient (Wildman–Crippen LogP) is 5.93. The van der Waals surface area contributed by atoms with E-state index < -0.39 is 0 Å². The standard InChI is InChI=1S/C19H26/c1-5-14-13-15-11-9-10-12-19(15)18(8-4)17(7-3)16(14)6-2/h9-12H,5-8,13H2,1-4H3. The van der Waals surface area contributed by atoms with Crippen molar-refractivity contribution in [2.24, 2.45) is 0 Å². The molecule has 0 aliphatic heterocycles. The molecular formula is C19H26. The molecule has 0 saturated heterocycles. The second kappa shape index (κ2) is 6.23. The lowest BCUT2D eigenvalue weighted by molar-refractivity contribution is 0.923. The van der Waals surface area contributed by atoms with E-state index in [-0.39, 0.29) is 0 Å². The average molecular weight is 254 g/mol. The maximum atomic E-state index is 2.32. The van der Waals surface area contributed by atoms with Crippen LogP contribution in [0.4, 0.5) is 0 Å². The molecule has 19 heavy (non-hydrogen) atoms. The van der Waals surface area contributed by atoms with Crippen molar-refractivity contribution in [2.75, 3.05) is 0 Å². The van der Waals surface area contributed by atoms with E-state index in [9.17, 15) is 0 Å². The third-order valence-electron chi connectivity index (χ3n) is 4.39. The van der Waals surface area contributed by atoms with E-state index in [0.717, 1.165) is 19.3 Å². The van der Waals surface area contributed by atoms with E-state index in [1.165, 1.54) is 24.0 Å². The lowest BCUT2D eigenvalue weighted by Crippen LogP contribution is -1.96. The van der Waals surface area contributed by atoms with Crippen molar-refractivity contribution < 1.29 is 0 Å². The monoisotopic (exact) mass is 254 g/mol. The van der Waals surface area contributed by atoms with Gasteiger partial charge in [-0.25, -0.2) is 0 Å². The van der Waals surface area contributed by atoms with Gasteiger partial charge in [0.15, 0.2) is 0 Å². The Balaban J connectivity index is 2.72. The van der Waals surface area contributed by atoms with Gasteiger partial charge >= 0.3 is 0 Å². The van der Waals surface area contributed by atoms with Crippen molar-refractivity contribution in [3.63, 3.8) is 0 Å². The summed E-state index contributed by atoms with van der Waals surface area (Å²) in [5, 5.41) is 0. The fourth-order valence-corrected chi connectivity index (χ4v) is 3.50. The van der Waals surface area contributed by atoms with Gasteiger partial charge in [-0.05, 0) is 60.0 Å². The minimum absolute atomic E-state index is 1.14. The van der Waals surface area contributed by atoms with Gasteiger partial charge in [0.2, 0.25) is 0 Å². The minimum Gasteiger partial charge on any atom is -0.0626 e. The molecule has 0 unspecified atom stereocenters. The first-order valence-corrected chi connectivity index (χ1v) is 7.78. The maximum absolute atomic E-state index is 2.32. The SMILES string of the molecule is CCC1=C(CC)C(CC)=C(CC)c2ccccc2C1. The number of allylic oxidation sites excluding steroid dienone is 4. The van der Waals surface area contributed by atoms with Gasteiger partial charge in [-0.3, -0.25) is 0 Å². The van der Waals surface area contributed by atoms with Crippen LogP contribution >= 0.6 is 0 Å². The number of benzene rings is 1. The fraction of sp³-hybridized carbons (Fsp3) is 0.474. The molecule has 2 rings (SSSR count). The van der Waals surface area contributed by atoms with Gasteiger partial charge in [0.1, 0.15) is 0 Å². The summed E-state index contributed by atoms with van der Waals surface area (Å²) in [6.45, 7) is 9.22. The molecule has 1 aromatic carbocycles. The largest absolute Gasteiger partial charge is 0.0626 e. The molecule has 1 aromatic rings. The number of fused-ring (bicyclic) bond motifs is 1. The number of hydrogen-bond donors (Lipinski definition) is 0. The quantitative estimate of drug-likeness (QED) is 0.624. The Morgan fingerprint density at radius 3 is 1.95 bits per heavy atom. The smallest absolute Gasteiger partial charge is 0.00552 e. The minimum atomic E-state index is 1.14. The molecule has 0 radical (unpaired) electrons. The Labute approximate surface area is 118 Å². The third-order valence-corrected chi connectivity index (χ3v) is 4.39. The highest BCUT2D eigenvalue weighted by Crippen LogP contribution is 2.38. The molecule has 102 valence electrons. The van der Waals surface area contributed by atoms with Crippen LogP contribution in [0.5, 0.6) is 0 Å². The van der Waals surface area contributed by atoms with Crippen LogP contribution in [-0.4, -0.2) is 0 Å². The highest BCUT2D eigenvalue weighted by molar-refractivity contribution is 5.76. The summed E-state index contributed by atoms with van der Waals surface area (Å²) in [5.41, 5.74) is 9.50. The van der Waals surface area contributed by atoms with Crippen molar-refractivity contribution in [2.45, 2.75) is 59.8 Å². The highest BCUT2D eigenvalue weighted by atomic mass is 14.2. The van der Waals surface area contributed by atoms with Crippen molar-refractivity contribution in [1.82, 2.24) is 0 Å². The van der Waals surface area contributed by atoms with Gasteiger partial charge in [-0.1, -0.05) is 57.5 Å². The van der Waals surface area contributed by atoms with Gasteiger partial charge in [0, 0.05) is 0 Å². The normalized spacial score (nSPS) is 15.6. The maximum Gasteiger partial charge on any atom is -0.00552 e. The Kier molecular flexibility index (Phi) is 4.63. The second-order valence-corrected chi connectivity index (χ2v) is 5.29. The van der Waals surface area contributed by atoms with Gasteiger partial charge in [-0.2, -0.15) is 0 Å². The molecule has 0 aromatic heterocycles. The van der Waals surface area contributed by atoms with Crippen LogP contribution in [0.1, 0.15) is 64.5 Å². The summed E-state index contributed by atoms with van der Waals surface area (Å²) in [5.74, 6) is 0. The topological polar surface area (TPSA) is 0 Å². The van der Waals surface area contributed by atoms with Gasteiger partial charge in [0.25, 0.3) is 0 Å². The molecule has 1 aliphatic carbocycles. The summed E-state index contributed by atoms with van der Waals surface area (Å²) in [7, 11) is 0. The van der Waals surface area contributed by atoms with E-state index >= 15 is 0 Å². The van der Waals surface area contributed by atoms with Crippen molar-refractivity contribution in [1.29, 1.82) is 0 Å². The number of hydrogen-bond acceptors (Lipinski definition) is 0. The molecule has 0 amide bonds. The Morgan fingerprint density at radius 2 is 1.37 bits per heavy atom. The second-order valence-electron chi connectivity index (χ2n) is 5.29. The van der Waals surface area contributed by atoms with Crippen LogP contribution in [0.3, 0.4) is 0 Å². The summed E-state index contributed by atoms with van der Waals surface area (Å²) in [6.07, 6.45) is 5.79. The Morgan fingerprint density at radius 1 is 0.737 bits per heavy atom. The van der Waals surface area contributed by atoms with Crippen LogP contribution in [0, 0.1) is 0 Å². The molecule has 0 heterocycles. The number of rotatable bonds is 4. The predicted molar refractivity (Wildman–Crippen MR) is 85.3 cm³/mol. The first-order valence-electron chi connectivity index (χ1n) is 7.78. The van der Waals surface area contributed by atoms with E-state index in [0.29, 0.717) is 0 Å². The molecule has 0 spiro atoms. The average Bonchev–Trinajstić information content (AvgIpc) is 2.59. The zero-order valence-corrected chi connectivity index (χ0v) is 12.8. The molecule has 0 atom stereocenters. The van der Waals surface area contributed by atoms with Crippen molar-refractivity contribution >= 4 is 5.57 Å². The molecule has 1 aliphatic rings. The van der Waals surface area contributed by atoms with Crippen LogP contribution in [0.2, 0.25) is 0 Å². The Bertz CT molecular complexity index is 515. The van der Waals surface area contributed by atoms with Crippen LogP contribution < -0.4 is 0 Å². The molecular weight excluding hydrogens is 228 g/mol. The van der Waals surface area contributed by atoms with E-state index in [1.54, 1.807) is 22.3 Å². The van der Waals surface area contributed by atoms with Crippen LogP contribution in [0.25, 0.3) is 5.57 Å². The van der Waals surface area contributed by atoms with E-state index in [4.69, 9.17) is 0 Å². The van der Waals surface area contributed by atoms with Gasteiger partial charge in [0.05, 0.1) is 0 Å². The molecule has 0 fully saturated rings. The van der Waals surface area contributed by atoms with Gasteiger partial charge < -0.3 is 0 Å². The Hall–Kier alpha value is -1.30. The zero-order chi connectivity index (χ0) is 13.8. The van der Waals surface area contributed by atoms with E-state index in [1.807, 2.05) is 0 Å². The molecule has 0 nitrogen and oxygen atoms in total. The third kappa shape index (κ3) is 2.54. The highest BCUT2D eigenvalue weighted by Gasteiger charge is 2.19. The summed E-state index contributed by atoms with van der Waals surface area (Å²) in [6, 6.07) is 8.99. The van der Waals surface area contributed by atoms with Crippen LogP contribution in [-0.2, 0) is 6.42 Å². The molecule has 0 heteroatoms. The van der Waals surface area contributed by atoms with Crippen LogP contribution in [0.15, 0.2) is 41.0 Å². The molecule has 0 saturated carbocycles.